The summed E-state index contributed by atoms with van der Waals surface area (Å²) in [6, 6.07) is 12.1. The standard InChI is InChI=1S/C20H18N2O4/c1-12-13(2)26-19-15(12)6-5-7-16(19)20(24)25-11-14-10-18(23)22-9-4-3-8-17(22)21-14/h3-10,12-13H,11H2,1-2H3/t12-,13+/m1/s1. The quantitative estimate of drug-likeness (QED) is 0.679. The maximum absolute atomic E-state index is 12.5. The van der Waals surface area contributed by atoms with Crippen LogP contribution in [0.1, 0.15) is 41.4 Å². The molecule has 2 aromatic heterocycles. The number of rotatable bonds is 3. The molecule has 0 aliphatic carbocycles. The fourth-order valence-corrected chi connectivity index (χ4v) is 3.14. The SMILES string of the molecule is C[C@@H]1Oc2c(C(=O)OCc3cc(=O)n4ccccc4n3)cccc2[C@@H]1C. The summed E-state index contributed by atoms with van der Waals surface area (Å²) in [5.41, 5.74) is 2.11. The minimum atomic E-state index is -0.488. The molecule has 4 rings (SSSR count). The molecule has 0 saturated carbocycles. The molecular formula is C20H18N2O4. The van der Waals surface area contributed by atoms with Crippen molar-refractivity contribution in [2.75, 3.05) is 0 Å². The molecule has 0 fully saturated rings. The van der Waals surface area contributed by atoms with E-state index in [0.29, 0.717) is 22.7 Å². The highest BCUT2D eigenvalue weighted by molar-refractivity contribution is 5.93. The Morgan fingerprint density at radius 1 is 1.23 bits per heavy atom. The summed E-state index contributed by atoms with van der Waals surface area (Å²) in [5, 5.41) is 0. The summed E-state index contributed by atoms with van der Waals surface area (Å²) in [6.07, 6.45) is 1.66. The lowest BCUT2D eigenvalue weighted by molar-refractivity contribution is 0.0462. The molecule has 3 heterocycles. The van der Waals surface area contributed by atoms with Crippen LogP contribution in [-0.4, -0.2) is 21.5 Å². The van der Waals surface area contributed by atoms with Gasteiger partial charge in [0, 0.05) is 23.7 Å². The number of fused-ring (bicyclic) bond motifs is 2. The number of ether oxygens (including phenoxy) is 2. The summed E-state index contributed by atoms with van der Waals surface area (Å²) in [5.74, 6) is 0.321. The van der Waals surface area contributed by atoms with Crippen molar-refractivity contribution in [2.24, 2.45) is 0 Å². The molecule has 0 amide bonds. The van der Waals surface area contributed by atoms with Crippen LogP contribution in [0.25, 0.3) is 5.65 Å². The van der Waals surface area contributed by atoms with E-state index in [-0.39, 0.29) is 24.2 Å². The average Bonchev–Trinajstić information content (AvgIpc) is 2.94. The highest BCUT2D eigenvalue weighted by Crippen LogP contribution is 2.40. The summed E-state index contributed by atoms with van der Waals surface area (Å²) >= 11 is 0. The Bertz CT molecular complexity index is 1060. The van der Waals surface area contributed by atoms with E-state index in [1.165, 1.54) is 10.5 Å². The number of benzene rings is 1. The van der Waals surface area contributed by atoms with Crippen molar-refractivity contribution in [3.63, 3.8) is 0 Å². The van der Waals surface area contributed by atoms with Crippen molar-refractivity contribution in [3.8, 4) is 5.75 Å². The van der Waals surface area contributed by atoms with Crippen LogP contribution in [0, 0.1) is 0 Å². The van der Waals surface area contributed by atoms with Gasteiger partial charge in [0.1, 0.15) is 29.7 Å². The molecule has 0 saturated heterocycles. The molecular weight excluding hydrogens is 332 g/mol. The molecule has 1 aliphatic rings. The van der Waals surface area contributed by atoms with Gasteiger partial charge in [0.25, 0.3) is 5.56 Å². The fraction of sp³-hybridized carbons (Fsp3) is 0.250. The highest BCUT2D eigenvalue weighted by atomic mass is 16.5. The van der Waals surface area contributed by atoms with Crippen LogP contribution in [0.4, 0.5) is 0 Å². The van der Waals surface area contributed by atoms with Gasteiger partial charge in [-0.25, -0.2) is 9.78 Å². The van der Waals surface area contributed by atoms with Gasteiger partial charge in [-0.3, -0.25) is 9.20 Å². The molecule has 2 atom stereocenters. The number of carbonyl (C=O) groups excluding carboxylic acids is 1. The zero-order valence-corrected chi connectivity index (χ0v) is 14.5. The minimum absolute atomic E-state index is 0.0150. The smallest absolute Gasteiger partial charge is 0.342 e. The van der Waals surface area contributed by atoms with Gasteiger partial charge < -0.3 is 9.47 Å². The Hall–Kier alpha value is -3.15. The summed E-state index contributed by atoms with van der Waals surface area (Å²) < 4.78 is 12.7. The van der Waals surface area contributed by atoms with E-state index >= 15 is 0 Å². The number of aromatic nitrogens is 2. The zero-order valence-electron chi connectivity index (χ0n) is 14.5. The number of esters is 1. The van der Waals surface area contributed by atoms with Gasteiger partial charge in [-0.15, -0.1) is 0 Å². The predicted octanol–water partition coefficient (Wildman–Crippen LogP) is 2.94. The first kappa shape index (κ1) is 16.3. The van der Waals surface area contributed by atoms with Crippen LogP contribution < -0.4 is 10.3 Å². The van der Waals surface area contributed by atoms with Gasteiger partial charge in [-0.05, 0) is 25.1 Å². The second kappa shape index (κ2) is 6.29. The van der Waals surface area contributed by atoms with Gasteiger partial charge in [-0.2, -0.15) is 0 Å². The molecule has 6 nitrogen and oxygen atoms in total. The average molecular weight is 350 g/mol. The second-order valence-corrected chi connectivity index (χ2v) is 6.43. The number of hydrogen-bond donors (Lipinski definition) is 0. The van der Waals surface area contributed by atoms with Gasteiger partial charge in [-0.1, -0.05) is 25.1 Å². The molecule has 0 unspecified atom stereocenters. The Kier molecular flexibility index (Phi) is 3.95. The van der Waals surface area contributed by atoms with Crippen LogP contribution in [0.15, 0.2) is 53.5 Å². The predicted molar refractivity (Wildman–Crippen MR) is 95.5 cm³/mol. The number of nitrogens with zero attached hydrogens (tertiary/aromatic N) is 2. The Labute approximate surface area is 150 Å². The van der Waals surface area contributed by atoms with Gasteiger partial charge in [0.2, 0.25) is 0 Å². The molecule has 0 radical (unpaired) electrons. The van der Waals surface area contributed by atoms with Crippen molar-refractivity contribution in [1.82, 2.24) is 9.38 Å². The maximum atomic E-state index is 12.5. The van der Waals surface area contributed by atoms with Gasteiger partial charge >= 0.3 is 5.97 Å². The molecule has 1 aliphatic heterocycles. The topological polar surface area (TPSA) is 69.9 Å². The molecule has 3 aromatic rings. The Morgan fingerprint density at radius 2 is 2.08 bits per heavy atom. The largest absolute Gasteiger partial charge is 0.489 e. The normalized spacial score (nSPS) is 18.4. The zero-order chi connectivity index (χ0) is 18.3. The summed E-state index contributed by atoms with van der Waals surface area (Å²) in [4.78, 5) is 29.0. The van der Waals surface area contributed by atoms with Crippen molar-refractivity contribution in [3.05, 3.63) is 75.8 Å². The van der Waals surface area contributed by atoms with Crippen LogP contribution in [0.5, 0.6) is 5.75 Å². The van der Waals surface area contributed by atoms with Crippen molar-refractivity contribution in [1.29, 1.82) is 0 Å². The van der Waals surface area contributed by atoms with E-state index < -0.39 is 5.97 Å². The van der Waals surface area contributed by atoms with Crippen LogP contribution in [0.2, 0.25) is 0 Å². The van der Waals surface area contributed by atoms with E-state index in [4.69, 9.17) is 9.47 Å². The molecule has 0 spiro atoms. The lowest BCUT2D eigenvalue weighted by atomic mass is 9.97. The van der Waals surface area contributed by atoms with Crippen molar-refractivity contribution in [2.45, 2.75) is 32.5 Å². The lowest BCUT2D eigenvalue weighted by Crippen LogP contribution is -2.16. The first-order chi connectivity index (χ1) is 12.5. The van der Waals surface area contributed by atoms with E-state index in [2.05, 4.69) is 11.9 Å². The maximum Gasteiger partial charge on any atom is 0.342 e. The first-order valence-electron chi connectivity index (χ1n) is 8.48. The summed E-state index contributed by atoms with van der Waals surface area (Å²) in [7, 11) is 0. The van der Waals surface area contributed by atoms with Crippen LogP contribution in [0.3, 0.4) is 0 Å². The molecule has 0 bridgehead atoms. The fourth-order valence-electron chi connectivity index (χ4n) is 3.14. The number of carbonyl (C=O) groups is 1. The third-order valence-electron chi connectivity index (χ3n) is 4.74. The monoisotopic (exact) mass is 350 g/mol. The first-order valence-corrected chi connectivity index (χ1v) is 8.48. The van der Waals surface area contributed by atoms with Crippen molar-refractivity contribution >= 4 is 11.6 Å². The molecule has 0 N–H and O–H groups in total. The van der Waals surface area contributed by atoms with Gasteiger partial charge in [0.05, 0.1) is 5.69 Å². The number of pyridine rings is 1. The second-order valence-electron chi connectivity index (χ2n) is 6.43. The molecule has 132 valence electrons. The Morgan fingerprint density at radius 3 is 2.92 bits per heavy atom. The van der Waals surface area contributed by atoms with Crippen molar-refractivity contribution < 1.29 is 14.3 Å². The Balaban J connectivity index is 1.57. The number of hydrogen-bond acceptors (Lipinski definition) is 5. The van der Waals surface area contributed by atoms with E-state index in [9.17, 15) is 9.59 Å². The van der Waals surface area contributed by atoms with E-state index in [1.807, 2.05) is 19.1 Å². The third kappa shape index (κ3) is 2.73. The third-order valence-corrected chi connectivity index (χ3v) is 4.74. The summed E-state index contributed by atoms with van der Waals surface area (Å²) in [6.45, 7) is 3.97. The van der Waals surface area contributed by atoms with Crippen LogP contribution >= 0.6 is 0 Å². The highest BCUT2D eigenvalue weighted by Gasteiger charge is 2.31. The van der Waals surface area contributed by atoms with E-state index in [1.54, 1.807) is 30.5 Å². The minimum Gasteiger partial charge on any atom is -0.489 e. The molecule has 1 aromatic carbocycles. The lowest BCUT2D eigenvalue weighted by Gasteiger charge is -2.10. The van der Waals surface area contributed by atoms with Crippen LogP contribution in [-0.2, 0) is 11.3 Å². The molecule has 26 heavy (non-hydrogen) atoms. The van der Waals surface area contributed by atoms with E-state index in [0.717, 1.165) is 5.56 Å². The number of para-hydroxylation sites is 1. The molecule has 6 heteroatoms. The van der Waals surface area contributed by atoms with Gasteiger partial charge in [0.15, 0.2) is 0 Å².